The first-order valence-electron chi connectivity index (χ1n) is 14.3. The van der Waals surface area contributed by atoms with Crippen LogP contribution in [-0.4, -0.2) is 64.6 Å². The van der Waals surface area contributed by atoms with Crippen LogP contribution in [0.2, 0.25) is 0 Å². The monoisotopic (exact) mass is 621 g/mol. The van der Waals surface area contributed by atoms with Gasteiger partial charge in [-0.3, -0.25) is 14.6 Å². The van der Waals surface area contributed by atoms with Crippen LogP contribution >= 0.6 is 11.3 Å². The Bertz CT molecular complexity index is 1590. The molecule has 2 aromatic carbocycles. The molecule has 11 heteroatoms. The predicted molar refractivity (Wildman–Crippen MR) is 168 cm³/mol. The van der Waals surface area contributed by atoms with Gasteiger partial charge in [0.15, 0.2) is 0 Å². The second-order valence-electron chi connectivity index (χ2n) is 11.3. The molecule has 2 atom stereocenters. The maximum Gasteiger partial charge on any atom is 0.253 e. The van der Waals surface area contributed by atoms with Gasteiger partial charge in [0.05, 0.1) is 30.6 Å². The lowest BCUT2D eigenvalue weighted by Crippen LogP contribution is -2.49. The lowest BCUT2D eigenvalue weighted by molar-refractivity contribution is 0.0784. The zero-order valence-electron chi connectivity index (χ0n) is 25.4. The van der Waals surface area contributed by atoms with E-state index in [1.54, 1.807) is 44.7 Å². The average molecular weight is 622 g/mol. The summed E-state index contributed by atoms with van der Waals surface area (Å²) in [6.07, 6.45) is 2.31. The topological polar surface area (TPSA) is 98.7 Å². The summed E-state index contributed by atoms with van der Waals surface area (Å²) in [6, 6.07) is 10.5. The molecule has 0 saturated heterocycles. The Balaban J connectivity index is 1.53. The van der Waals surface area contributed by atoms with Crippen LogP contribution in [0.4, 0.5) is 14.5 Å². The van der Waals surface area contributed by atoms with Gasteiger partial charge in [-0.05, 0) is 66.8 Å². The molecule has 2 amide bonds. The molecule has 8 nitrogen and oxygen atoms in total. The number of likely N-dealkylation sites (N-methyl/N-ethyl adjacent to an activating group) is 1. The van der Waals surface area contributed by atoms with Gasteiger partial charge in [0, 0.05) is 55.1 Å². The Morgan fingerprint density at radius 3 is 2.39 bits per heavy atom. The number of hydrogen-bond acceptors (Lipinski definition) is 7. The lowest BCUT2D eigenvalue weighted by atomic mass is 9.99. The first-order chi connectivity index (χ1) is 20.9. The van der Waals surface area contributed by atoms with E-state index in [9.17, 15) is 23.5 Å². The second kappa shape index (κ2) is 14.5. The van der Waals surface area contributed by atoms with Gasteiger partial charge in [-0.1, -0.05) is 19.9 Å². The Kier molecular flexibility index (Phi) is 10.8. The molecule has 232 valence electrons. The standard InChI is InChI=1S/C33H37F2N5O3S/c1-20(2)25-13-28(16-36-15-25)39(4)17-30(41)29(11-22-9-26(34)14-27(35)10-22)38-32(42)23-7-6-8-24(12-23)33(43)40(5)18-31-37-21(3)19-44-31/h6-10,12-16,19-20,29-30,41H,11,17-18H2,1-5H3,(H,38,42)/t29-,30+/m0/s1. The van der Waals surface area contributed by atoms with E-state index in [4.69, 9.17) is 0 Å². The van der Waals surface area contributed by atoms with Crippen molar-refractivity contribution in [1.82, 2.24) is 20.2 Å². The Morgan fingerprint density at radius 2 is 1.73 bits per heavy atom. The molecule has 0 spiro atoms. The predicted octanol–water partition coefficient (Wildman–Crippen LogP) is 5.36. The number of pyridine rings is 1. The van der Waals surface area contributed by atoms with Crippen molar-refractivity contribution in [2.45, 2.75) is 51.8 Å². The van der Waals surface area contributed by atoms with E-state index >= 15 is 0 Å². The number of carbonyl (C=O) groups is 2. The summed E-state index contributed by atoms with van der Waals surface area (Å²) in [5.74, 6) is -2.06. The number of thiazole rings is 1. The number of benzene rings is 2. The van der Waals surface area contributed by atoms with E-state index in [1.807, 2.05) is 23.3 Å². The van der Waals surface area contributed by atoms with Crippen molar-refractivity contribution in [3.05, 3.63) is 111 Å². The number of halogens is 2. The normalized spacial score (nSPS) is 12.6. The van der Waals surface area contributed by atoms with Gasteiger partial charge in [0.2, 0.25) is 0 Å². The van der Waals surface area contributed by atoms with E-state index < -0.39 is 29.7 Å². The zero-order valence-corrected chi connectivity index (χ0v) is 26.2. The summed E-state index contributed by atoms with van der Waals surface area (Å²) in [5.41, 5.74) is 3.50. The quantitative estimate of drug-likeness (QED) is 0.221. The van der Waals surface area contributed by atoms with Gasteiger partial charge < -0.3 is 20.2 Å². The summed E-state index contributed by atoms with van der Waals surface area (Å²) in [7, 11) is 3.46. The minimum absolute atomic E-state index is 0.0334. The molecule has 44 heavy (non-hydrogen) atoms. The maximum absolute atomic E-state index is 14.0. The first kappa shape index (κ1) is 32.7. The molecule has 4 rings (SSSR count). The Labute approximate surface area is 260 Å². The van der Waals surface area contributed by atoms with Crippen molar-refractivity contribution in [2.75, 3.05) is 25.5 Å². The highest BCUT2D eigenvalue weighted by Gasteiger charge is 2.25. The number of amides is 2. The van der Waals surface area contributed by atoms with Crippen molar-refractivity contribution in [3.63, 3.8) is 0 Å². The summed E-state index contributed by atoms with van der Waals surface area (Å²) in [5, 5.41) is 16.9. The molecule has 2 aromatic heterocycles. The molecule has 2 N–H and O–H groups in total. The molecule has 0 aliphatic carbocycles. The van der Waals surface area contributed by atoms with Gasteiger partial charge in [0.25, 0.3) is 11.8 Å². The molecular weight excluding hydrogens is 584 g/mol. The molecule has 4 aromatic rings. The summed E-state index contributed by atoms with van der Waals surface area (Å²) < 4.78 is 28.0. The maximum atomic E-state index is 14.0. The minimum Gasteiger partial charge on any atom is -0.389 e. The summed E-state index contributed by atoms with van der Waals surface area (Å²) in [6.45, 7) is 6.43. The molecule has 0 aliphatic rings. The number of carbonyl (C=O) groups excluding carboxylic acids is 2. The fourth-order valence-electron chi connectivity index (χ4n) is 4.76. The minimum atomic E-state index is -1.13. The summed E-state index contributed by atoms with van der Waals surface area (Å²) >= 11 is 1.47. The third-order valence-electron chi connectivity index (χ3n) is 7.23. The lowest BCUT2D eigenvalue weighted by Gasteiger charge is -2.29. The number of nitrogens with one attached hydrogen (secondary N) is 1. The number of hydrogen-bond donors (Lipinski definition) is 2. The molecular formula is C33H37F2N5O3S. The molecule has 0 unspecified atom stereocenters. The number of nitrogens with zero attached hydrogens (tertiary/aromatic N) is 4. The second-order valence-corrected chi connectivity index (χ2v) is 12.2. The van der Waals surface area contributed by atoms with E-state index in [0.29, 0.717) is 12.1 Å². The fourth-order valence-corrected chi connectivity index (χ4v) is 5.59. The van der Waals surface area contributed by atoms with Crippen molar-refractivity contribution in [2.24, 2.45) is 0 Å². The van der Waals surface area contributed by atoms with Crippen molar-refractivity contribution in [1.29, 1.82) is 0 Å². The Hall–Kier alpha value is -4.22. The molecule has 0 aliphatic heterocycles. The van der Waals surface area contributed by atoms with Gasteiger partial charge in [-0.2, -0.15) is 0 Å². The van der Waals surface area contributed by atoms with Gasteiger partial charge in [-0.15, -0.1) is 11.3 Å². The van der Waals surface area contributed by atoms with E-state index in [-0.39, 0.29) is 35.9 Å². The summed E-state index contributed by atoms with van der Waals surface area (Å²) in [4.78, 5) is 38.7. The van der Waals surface area contributed by atoms with Crippen LogP contribution in [0.25, 0.3) is 0 Å². The van der Waals surface area contributed by atoms with Gasteiger partial charge >= 0.3 is 0 Å². The van der Waals surface area contributed by atoms with E-state index in [1.165, 1.54) is 34.4 Å². The number of aryl methyl sites for hydroxylation is 1. The van der Waals surface area contributed by atoms with Gasteiger partial charge in [-0.25, -0.2) is 13.8 Å². The van der Waals surface area contributed by atoms with Crippen LogP contribution in [0.5, 0.6) is 0 Å². The third kappa shape index (κ3) is 8.67. The highest BCUT2D eigenvalue weighted by molar-refractivity contribution is 7.09. The smallest absolute Gasteiger partial charge is 0.253 e. The van der Waals surface area contributed by atoms with Crippen LogP contribution in [0.3, 0.4) is 0 Å². The van der Waals surface area contributed by atoms with Gasteiger partial charge in [0.1, 0.15) is 16.6 Å². The zero-order chi connectivity index (χ0) is 32.0. The van der Waals surface area contributed by atoms with Crippen LogP contribution in [0, 0.1) is 18.6 Å². The Morgan fingerprint density at radius 1 is 1.02 bits per heavy atom. The van der Waals surface area contributed by atoms with Crippen LogP contribution < -0.4 is 10.2 Å². The van der Waals surface area contributed by atoms with Crippen LogP contribution in [0.1, 0.15) is 62.3 Å². The van der Waals surface area contributed by atoms with Crippen molar-refractivity contribution >= 4 is 28.8 Å². The molecule has 0 bridgehead atoms. The largest absolute Gasteiger partial charge is 0.389 e. The van der Waals surface area contributed by atoms with E-state index in [2.05, 4.69) is 29.1 Å². The van der Waals surface area contributed by atoms with Crippen molar-refractivity contribution < 1.29 is 23.5 Å². The molecule has 2 heterocycles. The molecule has 0 radical (unpaired) electrons. The SMILES string of the molecule is Cc1csc(CN(C)C(=O)c2cccc(C(=O)N[C@@H](Cc3cc(F)cc(F)c3)[C@H](O)CN(C)c3cncc(C(C)C)c3)c2)n1. The number of anilines is 1. The first-order valence-corrected chi connectivity index (χ1v) is 15.1. The number of rotatable bonds is 12. The van der Waals surface area contributed by atoms with Crippen molar-refractivity contribution in [3.8, 4) is 0 Å². The average Bonchev–Trinajstić information content (AvgIpc) is 3.39. The van der Waals surface area contributed by atoms with Crippen LogP contribution in [-0.2, 0) is 13.0 Å². The van der Waals surface area contributed by atoms with E-state index in [0.717, 1.165) is 28.0 Å². The molecule has 0 saturated carbocycles. The number of aliphatic hydroxyl groups excluding tert-OH is 1. The highest BCUT2D eigenvalue weighted by Crippen LogP contribution is 2.21. The number of aromatic nitrogens is 2. The van der Waals surface area contributed by atoms with Crippen LogP contribution in [0.15, 0.2) is 66.3 Å². The highest BCUT2D eigenvalue weighted by atomic mass is 32.1. The third-order valence-corrected chi connectivity index (χ3v) is 8.18. The fraction of sp³-hybridized carbons (Fsp3) is 0.333. The molecule has 0 fully saturated rings. The number of aliphatic hydroxyl groups is 1.